The molecule has 0 atom stereocenters. The first-order valence-corrected chi connectivity index (χ1v) is 10.1. The van der Waals surface area contributed by atoms with Crippen LogP contribution in [0.25, 0.3) is 21.2 Å². The zero-order valence-corrected chi connectivity index (χ0v) is 17.1. The molecule has 0 radical (unpaired) electrons. The minimum absolute atomic E-state index is 0.0139. The van der Waals surface area contributed by atoms with E-state index in [-0.39, 0.29) is 5.91 Å². The minimum atomic E-state index is 0.0139. The summed E-state index contributed by atoms with van der Waals surface area (Å²) < 4.78 is 6.14. The summed E-state index contributed by atoms with van der Waals surface area (Å²) in [6, 6.07) is 13.8. The number of carbonyl (C=O) groups is 1. The Bertz CT molecular complexity index is 937. The number of thiophene rings is 1. The molecule has 2 N–H and O–H groups in total. The van der Waals surface area contributed by atoms with Crippen LogP contribution in [0.3, 0.4) is 0 Å². The van der Waals surface area contributed by atoms with Crippen LogP contribution in [0.2, 0.25) is 5.02 Å². The number of hydrogen-bond acceptors (Lipinski definition) is 4. The van der Waals surface area contributed by atoms with Gasteiger partial charge in [0.15, 0.2) is 0 Å². The predicted octanol–water partition coefficient (Wildman–Crippen LogP) is 4.79. The maximum Gasteiger partial charge on any atom is 0.253 e. The fourth-order valence-corrected chi connectivity index (χ4v) is 4.29. The van der Waals surface area contributed by atoms with E-state index in [2.05, 4.69) is 12.1 Å². The third-order valence-electron chi connectivity index (χ3n) is 4.52. The molecule has 0 aliphatic rings. The van der Waals surface area contributed by atoms with Crippen LogP contribution >= 0.6 is 22.9 Å². The molecular formula is C21H23ClN2O2S. The number of ether oxygens (including phenoxy) is 1. The predicted molar refractivity (Wildman–Crippen MR) is 114 cm³/mol. The van der Waals surface area contributed by atoms with Crippen LogP contribution in [-0.2, 0) is 11.3 Å². The summed E-state index contributed by atoms with van der Waals surface area (Å²) in [5.41, 5.74) is 8.47. The first-order valence-electron chi connectivity index (χ1n) is 8.88. The average molecular weight is 403 g/mol. The Labute approximate surface area is 168 Å². The molecule has 1 heterocycles. The van der Waals surface area contributed by atoms with Gasteiger partial charge in [-0.3, -0.25) is 4.79 Å². The molecule has 3 aromatic rings. The number of fused-ring (bicyclic) bond motifs is 1. The largest absolute Gasteiger partial charge is 0.383 e. The molecule has 0 aliphatic heterocycles. The number of nitrogens with two attached hydrogens (primary N) is 1. The summed E-state index contributed by atoms with van der Waals surface area (Å²) in [6.45, 7) is 4.25. The summed E-state index contributed by atoms with van der Waals surface area (Å²) in [4.78, 5) is 15.5. The Hall–Kier alpha value is -1.92. The number of halogens is 1. The van der Waals surface area contributed by atoms with Crippen molar-refractivity contribution in [2.24, 2.45) is 5.73 Å². The topological polar surface area (TPSA) is 55.6 Å². The molecule has 0 unspecified atom stereocenters. The van der Waals surface area contributed by atoms with Gasteiger partial charge in [-0.15, -0.1) is 11.3 Å². The van der Waals surface area contributed by atoms with Gasteiger partial charge in [-0.25, -0.2) is 0 Å². The molecule has 0 saturated heterocycles. The normalized spacial score (nSPS) is 11.1. The molecule has 4 nitrogen and oxygen atoms in total. The van der Waals surface area contributed by atoms with Gasteiger partial charge in [-0.05, 0) is 53.8 Å². The lowest BCUT2D eigenvalue weighted by Gasteiger charge is -2.20. The lowest BCUT2D eigenvalue weighted by Crippen LogP contribution is -2.33. The van der Waals surface area contributed by atoms with E-state index in [0.29, 0.717) is 31.8 Å². The van der Waals surface area contributed by atoms with Crippen LogP contribution in [0.5, 0.6) is 0 Å². The molecule has 1 aromatic heterocycles. The average Bonchev–Trinajstić information content (AvgIpc) is 3.12. The number of benzene rings is 2. The smallest absolute Gasteiger partial charge is 0.253 e. The van der Waals surface area contributed by atoms with Crippen LogP contribution < -0.4 is 5.73 Å². The third kappa shape index (κ3) is 4.33. The van der Waals surface area contributed by atoms with Crippen molar-refractivity contribution in [1.82, 2.24) is 4.90 Å². The van der Waals surface area contributed by atoms with Crippen molar-refractivity contribution in [1.29, 1.82) is 0 Å². The number of hydrogen-bond donors (Lipinski definition) is 1. The Morgan fingerprint density at radius 2 is 1.93 bits per heavy atom. The molecular weight excluding hydrogens is 380 g/mol. The fraction of sp³-hybridized carbons (Fsp3) is 0.286. The summed E-state index contributed by atoms with van der Waals surface area (Å²) >= 11 is 8.10. The van der Waals surface area contributed by atoms with Gasteiger partial charge >= 0.3 is 0 Å². The molecule has 3 rings (SSSR count). The summed E-state index contributed by atoms with van der Waals surface area (Å²) in [6.07, 6.45) is 0. The lowest BCUT2D eigenvalue weighted by atomic mass is 10.0. The molecule has 1 amide bonds. The van der Waals surface area contributed by atoms with E-state index >= 15 is 0 Å². The van der Waals surface area contributed by atoms with E-state index in [1.807, 2.05) is 37.3 Å². The molecule has 0 spiro atoms. The van der Waals surface area contributed by atoms with E-state index in [4.69, 9.17) is 22.1 Å². The minimum Gasteiger partial charge on any atom is -0.383 e. The van der Waals surface area contributed by atoms with Gasteiger partial charge in [0, 0.05) is 37.2 Å². The van der Waals surface area contributed by atoms with Gasteiger partial charge in [0.2, 0.25) is 0 Å². The molecule has 0 saturated carbocycles. The molecule has 0 fully saturated rings. The number of amides is 1. The fourth-order valence-electron chi connectivity index (χ4n) is 3.02. The van der Waals surface area contributed by atoms with Crippen LogP contribution in [-0.4, -0.2) is 37.6 Å². The SMILES string of the molecule is CCN(CCOC)C(=O)c1ccc(-c2cc(Cl)c3sc(CN)cc3c2)cc1. The van der Waals surface area contributed by atoms with Crippen LogP contribution in [0.1, 0.15) is 22.2 Å². The first kappa shape index (κ1) is 19.8. The zero-order valence-electron chi connectivity index (χ0n) is 15.5. The van der Waals surface area contributed by atoms with Crippen molar-refractivity contribution in [3.8, 4) is 11.1 Å². The molecule has 142 valence electrons. The number of rotatable bonds is 7. The van der Waals surface area contributed by atoms with Gasteiger partial charge in [-0.2, -0.15) is 0 Å². The maximum absolute atomic E-state index is 12.6. The standard InChI is InChI=1S/C21H23ClN2O2S/c1-3-24(8-9-26-2)21(25)15-6-4-14(5-7-15)16-10-17-11-18(13-23)27-20(17)19(22)12-16/h4-7,10-12H,3,8-9,13,23H2,1-2H3. The van der Waals surface area contributed by atoms with E-state index in [9.17, 15) is 4.79 Å². The Balaban J connectivity index is 1.86. The summed E-state index contributed by atoms with van der Waals surface area (Å²) in [7, 11) is 1.64. The highest BCUT2D eigenvalue weighted by Crippen LogP contribution is 2.36. The van der Waals surface area contributed by atoms with Crippen LogP contribution in [0.4, 0.5) is 0 Å². The van der Waals surface area contributed by atoms with Crippen molar-refractivity contribution in [2.75, 3.05) is 26.8 Å². The van der Waals surface area contributed by atoms with Crippen molar-refractivity contribution in [2.45, 2.75) is 13.5 Å². The first-order chi connectivity index (χ1) is 13.1. The highest BCUT2D eigenvalue weighted by atomic mass is 35.5. The molecule has 27 heavy (non-hydrogen) atoms. The Kier molecular flexibility index (Phi) is 6.50. The molecule has 6 heteroatoms. The quantitative estimate of drug-likeness (QED) is 0.618. The number of carbonyl (C=O) groups excluding carboxylic acids is 1. The van der Waals surface area contributed by atoms with Crippen LogP contribution in [0, 0.1) is 0 Å². The number of methoxy groups -OCH3 is 1. The molecule has 2 aromatic carbocycles. The zero-order chi connectivity index (χ0) is 19.4. The van der Waals surface area contributed by atoms with E-state index in [1.165, 1.54) is 0 Å². The second-order valence-corrected chi connectivity index (χ2v) is 7.79. The van der Waals surface area contributed by atoms with Crippen molar-refractivity contribution < 1.29 is 9.53 Å². The highest BCUT2D eigenvalue weighted by Gasteiger charge is 2.14. The van der Waals surface area contributed by atoms with Gasteiger partial charge in [0.1, 0.15) is 0 Å². The molecule has 0 bridgehead atoms. The van der Waals surface area contributed by atoms with Crippen molar-refractivity contribution in [3.05, 3.63) is 57.9 Å². The van der Waals surface area contributed by atoms with Gasteiger partial charge in [0.05, 0.1) is 16.3 Å². The van der Waals surface area contributed by atoms with E-state index < -0.39 is 0 Å². The van der Waals surface area contributed by atoms with Crippen molar-refractivity contribution in [3.63, 3.8) is 0 Å². The van der Waals surface area contributed by atoms with Crippen molar-refractivity contribution >= 4 is 38.9 Å². The lowest BCUT2D eigenvalue weighted by molar-refractivity contribution is 0.0706. The van der Waals surface area contributed by atoms with E-state index in [0.717, 1.165) is 31.1 Å². The third-order valence-corrected chi connectivity index (χ3v) is 6.14. The second kappa shape index (κ2) is 8.85. The van der Waals surface area contributed by atoms with Crippen LogP contribution in [0.15, 0.2) is 42.5 Å². The molecule has 0 aliphatic carbocycles. The summed E-state index contributed by atoms with van der Waals surface area (Å²) in [5, 5.41) is 1.82. The number of nitrogens with zero attached hydrogens (tertiary/aromatic N) is 1. The summed E-state index contributed by atoms with van der Waals surface area (Å²) in [5.74, 6) is 0.0139. The monoisotopic (exact) mass is 402 g/mol. The Morgan fingerprint density at radius 3 is 2.56 bits per heavy atom. The van der Waals surface area contributed by atoms with Gasteiger partial charge in [0.25, 0.3) is 5.91 Å². The maximum atomic E-state index is 12.6. The Morgan fingerprint density at radius 1 is 1.19 bits per heavy atom. The second-order valence-electron chi connectivity index (χ2n) is 6.25. The van der Waals surface area contributed by atoms with Gasteiger partial charge < -0.3 is 15.4 Å². The van der Waals surface area contributed by atoms with Gasteiger partial charge in [-0.1, -0.05) is 23.7 Å². The number of likely N-dealkylation sites (N-methyl/N-ethyl adjacent to an activating group) is 1. The highest BCUT2D eigenvalue weighted by molar-refractivity contribution is 7.19. The van der Waals surface area contributed by atoms with E-state index in [1.54, 1.807) is 23.3 Å².